The van der Waals surface area contributed by atoms with E-state index in [4.69, 9.17) is 4.74 Å². The van der Waals surface area contributed by atoms with Gasteiger partial charge in [0.25, 0.3) is 0 Å². The zero-order valence-corrected chi connectivity index (χ0v) is 16.1. The zero-order chi connectivity index (χ0) is 18.0. The number of nitrogens with zero attached hydrogens (tertiary/aromatic N) is 1. The lowest BCUT2D eigenvalue weighted by Crippen LogP contribution is -2.48. The Morgan fingerprint density at radius 2 is 2.12 bits per heavy atom. The fourth-order valence-electron chi connectivity index (χ4n) is 2.07. The average molecular weight is 355 g/mol. The number of thiophene rings is 1. The Balaban J connectivity index is 2.44. The van der Waals surface area contributed by atoms with Gasteiger partial charge >= 0.3 is 6.09 Å². The molecule has 0 spiro atoms. The van der Waals surface area contributed by atoms with Gasteiger partial charge in [-0.2, -0.15) is 0 Å². The maximum absolute atomic E-state index is 11.9. The van der Waals surface area contributed by atoms with E-state index in [1.54, 1.807) is 18.4 Å². The average Bonchev–Trinajstić information content (AvgIpc) is 2.98. The van der Waals surface area contributed by atoms with Crippen molar-refractivity contribution < 1.29 is 9.53 Å². The Hall–Kier alpha value is -1.76. The smallest absolute Gasteiger partial charge is 0.407 e. The third-order valence-corrected chi connectivity index (χ3v) is 3.98. The lowest BCUT2D eigenvalue weighted by atomic mass is 10.1. The molecule has 0 radical (unpaired) electrons. The Bertz CT molecular complexity index is 509. The predicted octanol–water partition coefficient (Wildman–Crippen LogP) is 3.11. The number of hydrogen-bond donors (Lipinski definition) is 3. The molecular weight excluding hydrogens is 324 g/mol. The van der Waals surface area contributed by atoms with Crippen LogP contribution in [0.3, 0.4) is 0 Å². The van der Waals surface area contributed by atoms with E-state index < -0.39 is 5.60 Å². The second kappa shape index (κ2) is 10.2. The Labute approximate surface area is 149 Å². The minimum Gasteiger partial charge on any atom is -0.444 e. The van der Waals surface area contributed by atoms with Crippen LogP contribution < -0.4 is 16.0 Å². The molecule has 1 aromatic heterocycles. The minimum atomic E-state index is -0.493. The van der Waals surface area contributed by atoms with E-state index in [1.165, 1.54) is 4.88 Å². The fourth-order valence-corrected chi connectivity index (χ4v) is 2.72. The lowest BCUT2D eigenvalue weighted by molar-refractivity contribution is 0.0502. The number of carbonyl (C=O) groups is 1. The van der Waals surface area contributed by atoms with Crippen molar-refractivity contribution in [2.75, 3.05) is 13.6 Å². The van der Waals surface area contributed by atoms with Crippen LogP contribution in [-0.2, 0) is 11.3 Å². The van der Waals surface area contributed by atoms with Gasteiger partial charge < -0.3 is 20.7 Å². The summed E-state index contributed by atoms with van der Waals surface area (Å²) in [4.78, 5) is 17.4. The number of aliphatic imine (C=N–C) groups is 1. The molecule has 0 saturated heterocycles. The van der Waals surface area contributed by atoms with Crippen molar-refractivity contribution in [3.05, 3.63) is 22.4 Å². The van der Waals surface area contributed by atoms with Gasteiger partial charge in [-0.1, -0.05) is 19.4 Å². The van der Waals surface area contributed by atoms with Crippen LogP contribution in [0.15, 0.2) is 22.5 Å². The van der Waals surface area contributed by atoms with Crippen LogP contribution in [0.4, 0.5) is 4.79 Å². The predicted molar refractivity (Wildman–Crippen MR) is 101 cm³/mol. The normalized spacial score (nSPS) is 13.3. The summed E-state index contributed by atoms with van der Waals surface area (Å²) >= 11 is 1.70. The molecule has 0 aliphatic heterocycles. The van der Waals surface area contributed by atoms with Crippen molar-refractivity contribution in [3.8, 4) is 0 Å². The summed E-state index contributed by atoms with van der Waals surface area (Å²) in [5.41, 5.74) is -0.493. The standard InChI is InChI=1S/C17H30N4O2S/c1-6-8-13(21-16(22)23-17(2,3)4)11-19-15(18-5)20-12-14-9-7-10-24-14/h7,9-10,13H,6,8,11-12H2,1-5H3,(H,21,22)(H2,18,19,20). The second-order valence-corrected chi connectivity index (χ2v) is 7.55. The summed E-state index contributed by atoms with van der Waals surface area (Å²) in [6, 6.07) is 4.10. The molecule has 1 aromatic rings. The van der Waals surface area contributed by atoms with E-state index in [-0.39, 0.29) is 12.1 Å². The molecule has 24 heavy (non-hydrogen) atoms. The summed E-state index contributed by atoms with van der Waals surface area (Å²) in [7, 11) is 1.74. The Morgan fingerprint density at radius 1 is 1.38 bits per heavy atom. The summed E-state index contributed by atoms with van der Waals surface area (Å²) < 4.78 is 5.32. The summed E-state index contributed by atoms with van der Waals surface area (Å²) in [6.07, 6.45) is 1.46. The molecule has 0 bridgehead atoms. The molecular formula is C17H30N4O2S. The van der Waals surface area contributed by atoms with Crippen LogP contribution >= 0.6 is 11.3 Å². The van der Waals surface area contributed by atoms with Gasteiger partial charge in [0.05, 0.1) is 6.54 Å². The van der Waals surface area contributed by atoms with E-state index in [2.05, 4.69) is 39.3 Å². The highest BCUT2D eigenvalue weighted by atomic mass is 32.1. The number of rotatable bonds is 7. The van der Waals surface area contributed by atoms with Gasteiger partial charge in [0, 0.05) is 24.5 Å². The van der Waals surface area contributed by atoms with Gasteiger partial charge in [-0.05, 0) is 38.6 Å². The molecule has 1 rings (SSSR count). The van der Waals surface area contributed by atoms with Crippen LogP contribution in [-0.4, -0.2) is 37.3 Å². The van der Waals surface area contributed by atoms with E-state index in [1.807, 2.05) is 26.8 Å². The number of alkyl carbamates (subject to hydrolysis) is 1. The fraction of sp³-hybridized carbons (Fsp3) is 0.647. The molecule has 7 heteroatoms. The summed E-state index contributed by atoms with van der Waals surface area (Å²) in [6.45, 7) is 8.99. The number of guanidine groups is 1. The molecule has 136 valence electrons. The van der Waals surface area contributed by atoms with E-state index in [0.29, 0.717) is 6.54 Å². The molecule has 0 aliphatic carbocycles. The first kappa shape index (κ1) is 20.3. The third-order valence-electron chi connectivity index (χ3n) is 3.11. The largest absolute Gasteiger partial charge is 0.444 e. The number of nitrogens with one attached hydrogen (secondary N) is 3. The lowest BCUT2D eigenvalue weighted by Gasteiger charge is -2.24. The number of ether oxygens (including phenoxy) is 1. The molecule has 1 heterocycles. The highest BCUT2D eigenvalue weighted by Crippen LogP contribution is 2.08. The first-order valence-electron chi connectivity index (χ1n) is 8.30. The third kappa shape index (κ3) is 8.76. The van der Waals surface area contributed by atoms with Gasteiger partial charge in [-0.15, -0.1) is 11.3 Å². The van der Waals surface area contributed by atoms with Crippen molar-refractivity contribution in [1.82, 2.24) is 16.0 Å². The molecule has 0 fully saturated rings. The molecule has 0 aromatic carbocycles. The van der Waals surface area contributed by atoms with E-state index >= 15 is 0 Å². The van der Waals surface area contributed by atoms with Gasteiger partial charge in [-0.25, -0.2) is 4.79 Å². The van der Waals surface area contributed by atoms with E-state index in [0.717, 1.165) is 25.3 Å². The van der Waals surface area contributed by atoms with Crippen LogP contribution in [0, 0.1) is 0 Å². The van der Waals surface area contributed by atoms with Crippen molar-refractivity contribution >= 4 is 23.4 Å². The topological polar surface area (TPSA) is 74.8 Å². The maximum atomic E-state index is 11.9. The molecule has 1 amide bonds. The molecule has 0 aliphatic rings. The molecule has 6 nitrogen and oxygen atoms in total. The van der Waals surface area contributed by atoms with Crippen LogP contribution in [0.2, 0.25) is 0 Å². The highest BCUT2D eigenvalue weighted by molar-refractivity contribution is 7.09. The van der Waals surface area contributed by atoms with Gasteiger partial charge in [0.1, 0.15) is 5.60 Å². The minimum absolute atomic E-state index is 0.00913. The summed E-state index contributed by atoms with van der Waals surface area (Å²) in [5, 5.41) is 11.5. The van der Waals surface area contributed by atoms with Crippen LogP contribution in [0.1, 0.15) is 45.4 Å². The first-order chi connectivity index (χ1) is 11.3. The highest BCUT2D eigenvalue weighted by Gasteiger charge is 2.19. The summed E-state index contributed by atoms with van der Waals surface area (Å²) in [5.74, 6) is 0.718. The van der Waals surface area contributed by atoms with Crippen molar-refractivity contribution in [1.29, 1.82) is 0 Å². The van der Waals surface area contributed by atoms with Gasteiger partial charge in [0.2, 0.25) is 0 Å². The quantitative estimate of drug-likeness (QED) is 0.519. The zero-order valence-electron chi connectivity index (χ0n) is 15.3. The van der Waals surface area contributed by atoms with Crippen molar-refractivity contribution in [3.63, 3.8) is 0 Å². The molecule has 3 N–H and O–H groups in total. The molecule has 1 atom stereocenters. The number of hydrogen-bond acceptors (Lipinski definition) is 4. The van der Waals surface area contributed by atoms with Crippen molar-refractivity contribution in [2.24, 2.45) is 4.99 Å². The van der Waals surface area contributed by atoms with Crippen LogP contribution in [0.25, 0.3) is 0 Å². The molecule has 0 saturated carbocycles. The monoisotopic (exact) mass is 354 g/mol. The second-order valence-electron chi connectivity index (χ2n) is 6.52. The maximum Gasteiger partial charge on any atom is 0.407 e. The van der Waals surface area contributed by atoms with E-state index in [9.17, 15) is 4.79 Å². The van der Waals surface area contributed by atoms with Gasteiger partial charge in [-0.3, -0.25) is 4.99 Å². The van der Waals surface area contributed by atoms with Gasteiger partial charge in [0.15, 0.2) is 5.96 Å². The number of amides is 1. The number of carbonyl (C=O) groups excluding carboxylic acids is 1. The Morgan fingerprint density at radius 3 is 2.67 bits per heavy atom. The molecule has 1 unspecified atom stereocenters. The first-order valence-corrected chi connectivity index (χ1v) is 9.18. The van der Waals surface area contributed by atoms with Crippen LogP contribution in [0.5, 0.6) is 0 Å². The Kier molecular flexibility index (Phi) is 8.60. The SMILES string of the molecule is CCCC(CNC(=NC)NCc1cccs1)NC(=O)OC(C)(C)C. The van der Waals surface area contributed by atoms with Crippen molar-refractivity contribution in [2.45, 2.75) is 58.7 Å².